The minimum atomic E-state index is -0.00857. The average molecular weight is 394 g/mol. The molecule has 5 nitrogen and oxygen atoms in total. The van der Waals surface area contributed by atoms with E-state index in [1.807, 2.05) is 23.1 Å². The van der Waals surface area contributed by atoms with Crippen molar-refractivity contribution in [3.63, 3.8) is 0 Å². The first kappa shape index (κ1) is 17.6. The summed E-state index contributed by atoms with van der Waals surface area (Å²) in [4.78, 5) is 21.7. The molecule has 0 spiro atoms. The molecule has 1 fully saturated rings. The molecular formula is C22H23N3O2S. The molecule has 2 aromatic heterocycles. The molecule has 1 aliphatic heterocycles. The van der Waals surface area contributed by atoms with Gasteiger partial charge in [-0.25, -0.2) is 0 Å². The highest BCUT2D eigenvalue weighted by molar-refractivity contribution is 7.15. The van der Waals surface area contributed by atoms with E-state index in [1.54, 1.807) is 11.3 Å². The third kappa shape index (κ3) is 3.15. The van der Waals surface area contributed by atoms with Crippen LogP contribution in [0.15, 0.2) is 40.9 Å². The normalized spacial score (nSPS) is 20.4. The molecule has 3 aromatic rings. The zero-order chi connectivity index (χ0) is 19.1. The van der Waals surface area contributed by atoms with E-state index in [2.05, 4.69) is 35.3 Å². The van der Waals surface area contributed by atoms with Gasteiger partial charge in [-0.1, -0.05) is 35.5 Å². The zero-order valence-corrected chi connectivity index (χ0v) is 16.7. The first-order valence-corrected chi connectivity index (χ1v) is 10.8. The average Bonchev–Trinajstić information content (AvgIpc) is 3.45. The van der Waals surface area contributed by atoms with Crippen LogP contribution in [0, 0.1) is 0 Å². The van der Waals surface area contributed by atoms with Gasteiger partial charge in [0.15, 0.2) is 5.82 Å². The number of amides is 1. The highest BCUT2D eigenvalue weighted by Crippen LogP contribution is 2.37. The summed E-state index contributed by atoms with van der Waals surface area (Å²) in [6, 6.07) is 12.4. The van der Waals surface area contributed by atoms with Crippen LogP contribution in [-0.4, -0.2) is 27.5 Å². The van der Waals surface area contributed by atoms with Crippen molar-refractivity contribution in [2.45, 2.75) is 51.0 Å². The zero-order valence-electron chi connectivity index (χ0n) is 15.9. The van der Waals surface area contributed by atoms with Crippen LogP contribution in [0.2, 0.25) is 0 Å². The van der Waals surface area contributed by atoms with Crippen molar-refractivity contribution >= 4 is 17.2 Å². The molecule has 0 radical (unpaired) electrons. The molecule has 28 heavy (non-hydrogen) atoms. The van der Waals surface area contributed by atoms with Crippen LogP contribution in [0.25, 0.3) is 10.8 Å². The van der Waals surface area contributed by atoms with Crippen LogP contribution < -0.4 is 0 Å². The summed E-state index contributed by atoms with van der Waals surface area (Å²) in [5.74, 6) is 1.39. The lowest BCUT2D eigenvalue weighted by Gasteiger charge is -2.25. The third-order valence-corrected chi connectivity index (χ3v) is 7.15. The lowest BCUT2D eigenvalue weighted by atomic mass is 9.99. The molecule has 0 bridgehead atoms. The monoisotopic (exact) mass is 393 g/mol. The van der Waals surface area contributed by atoms with Crippen molar-refractivity contribution in [2.75, 3.05) is 6.54 Å². The number of carbonyl (C=O) groups is 1. The van der Waals surface area contributed by atoms with E-state index in [0.29, 0.717) is 24.7 Å². The summed E-state index contributed by atoms with van der Waals surface area (Å²) in [5.41, 5.74) is 2.58. The maximum absolute atomic E-state index is 12.6. The van der Waals surface area contributed by atoms with Crippen LogP contribution in [-0.2, 0) is 17.6 Å². The Morgan fingerprint density at radius 2 is 2.04 bits per heavy atom. The Kier molecular flexibility index (Phi) is 4.51. The predicted octanol–water partition coefficient (Wildman–Crippen LogP) is 4.75. The fraction of sp³-hybridized carbons (Fsp3) is 0.409. The number of thiophene rings is 1. The summed E-state index contributed by atoms with van der Waals surface area (Å²) < 4.78 is 5.58. The van der Waals surface area contributed by atoms with Gasteiger partial charge in [0, 0.05) is 23.8 Å². The number of aryl methyl sites for hydroxylation is 2. The Hall–Kier alpha value is -2.47. The Balaban J connectivity index is 1.34. The second-order valence-corrected chi connectivity index (χ2v) is 8.89. The molecule has 3 heterocycles. The van der Waals surface area contributed by atoms with Gasteiger partial charge in [0.25, 0.3) is 5.89 Å². The molecule has 2 aliphatic rings. The second-order valence-electron chi connectivity index (χ2n) is 7.76. The van der Waals surface area contributed by atoms with Gasteiger partial charge in [-0.3, -0.25) is 4.79 Å². The fourth-order valence-electron chi connectivity index (χ4n) is 4.29. The number of carbonyl (C=O) groups excluding carboxylic acids is 1. The van der Waals surface area contributed by atoms with Gasteiger partial charge in [-0.05, 0) is 49.8 Å². The Labute approximate surface area is 168 Å². The standard InChI is InChI=1S/C22H23N3O2S/c1-14(15-7-3-2-4-8-15)25-13-17(12-20(25)26)21-23-22(27-24-21)19-11-16-9-5-6-10-18(16)28-19/h2-4,7-8,11,14,17H,5-6,9-10,12-13H2,1H3. The molecule has 1 aromatic carbocycles. The van der Waals surface area contributed by atoms with Crippen molar-refractivity contribution in [1.29, 1.82) is 0 Å². The van der Waals surface area contributed by atoms with Crippen molar-refractivity contribution in [3.8, 4) is 10.8 Å². The molecule has 1 saturated heterocycles. The van der Waals surface area contributed by atoms with E-state index >= 15 is 0 Å². The first-order valence-electron chi connectivity index (χ1n) is 9.99. The number of rotatable bonds is 4. The summed E-state index contributed by atoms with van der Waals surface area (Å²) in [7, 11) is 0. The molecule has 2 unspecified atom stereocenters. The number of aromatic nitrogens is 2. The van der Waals surface area contributed by atoms with Gasteiger partial charge in [-0.2, -0.15) is 4.98 Å². The maximum atomic E-state index is 12.6. The number of hydrogen-bond acceptors (Lipinski definition) is 5. The number of benzene rings is 1. The lowest BCUT2D eigenvalue weighted by molar-refractivity contribution is -0.129. The quantitative estimate of drug-likeness (QED) is 0.642. The molecule has 0 N–H and O–H groups in total. The van der Waals surface area contributed by atoms with Gasteiger partial charge < -0.3 is 9.42 Å². The molecule has 0 saturated carbocycles. The Morgan fingerprint density at radius 1 is 1.21 bits per heavy atom. The van der Waals surface area contributed by atoms with Crippen LogP contribution in [0.4, 0.5) is 0 Å². The van der Waals surface area contributed by atoms with Gasteiger partial charge in [0.1, 0.15) is 0 Å². The minimum Gasteiger partial charge on any atom is -0.335 e. The highest BCUT2D eigenvalue weighted by atomic mass is 32.1. The fourth-order valence-corrected chi connectivity index (χ4v) is 5.46. The van der Waals surface area contributed by atoms with Gasteiger partial charge in [-0.15, -0.1) is 11.3 Å². The van der Waals surface area contributed by atoms with Crippen molar-refractivity contribution in [2.24, 2.45) is 0 Å². The number of nitrogens with zero attached hydrogens (tertiary/aromatic N) is 3. The third-order valence-electron chi connectivity index (χ3n) is 5.92. The lowest BCUT2D eigenvalue weighted by Crippen LogP contribution is -2.28. The Bertz CT molecular complexity index is 971. The van der Waals surface area contributed by atoms with Gasteiger partial charge in [0.05, 0.1) is 10.9 Å². The minimum absolute atomic E-state index is 0.00857. The molecule has 144 valence electrons. The highest BCUT2D eigenvalue weighted by Gasteiger charge is 2.36. The van der Waals surface area contributed by atoms with E-state index in [1.165, 1.54) is 23.3 Å². The SMILES string of the molecule is CC(c1ccccc1)N1CC(c2noc(-c3cc4c(s3)CCCC4)n2)CC1=O. The molecule has 1 amide bonds. The van der Waals surface area contributed by atoms with E-state index in [4.69, 9.17) is 4.52 Å². The summed E-state index contributed by atoms with van der Waals surface area (Å²) in [6.45, 7) is 2.71. The van der Waals surface area contributed by atoms with Crippen molar-refractivity contribution in [1.82, 2.24) is 15.0 Å². The molecule has 5 rings (SSSR count). The van der Waals surface area contributed by atoms with Crippen LogP contribution in [0.5, 0.6) is 0 Å². The summed E-state index contributed by atoms with van der Waals surface area (Å²) in [6.07, 6.45) is 5.28. The summed E-state index contributed by atoms with van der Waals surface area (Å²) >= 11 is 1.77. The molecule has 6 heteroatoms. The molecule has 2 atom stereocenters. The van der Waals surface area contributed by atoms with Crippen LogP contribution >= 0.6 is 11.3 Å². The maximum Gasteiger partial charge on any atom is 0.268 e. The van der Waals surface area contributed by atoms with E-state index in [-0.39, 0.29) is 17.9 Å². The predicted molar refractivity (Wildman–Crippen MR) is 108 cm³/mol. The topological polar surface area (TPSA) is 59.2 Å². The smallest absolute Gasteiger partial charge is 0.268 e. The van der Waals surface area contributed by atoms with E-state index in [0.717, 1.165) is 23.3 Å². The summed E-state index contributed by atoms with van der Waals surface area (Å²) in [5, 5.41) is 4.22. The second kappa shape index (κ2) is 7.17. The number of hydrogen-bond donors (Lipinski definition) is 0. The van der Waals surface area contributed by atoms with Crippen molar-refractivity contribution < 1.29 is 9.32 Å². The number of likely N-dealkylation sites (tertiary alicyclic amines) is 1. The van der Waals surface area contributed by atoms with Crippen LogP contribution in [0.3, 0.4) is 0 Å². The molecule has 1 aliphatic carbocycles. The largest absolute Gasteiger partial charge is 0.335 e. The number of fused-ring (bicyclic) bond motifs is 1. The Morgan fingerprint density at radius 3 is 2.86 bits per heavy atom. The van der Waals surface area contributed by atoms with Crippen molar-refractivity contribution in [3.05, 3.63) is 58.2 Å². The van der Waals surface area contributed by atoms with Crippen LogP contribution in [0.1, 0.15) is 60.0 Å². The van der Waals surface area contributed by atoms with E-state index in [9.17, 15) is 4.79 Å². The van der Waals surface area contributed by atoms with Gasteiger partial charge >= 0.3 is 0 Å². The van der Waals surface area contributed by atoms with E-state index < -0.39 is 0 Å². The first-order chi connectivity index (χ1) is 13.7. The molecular weight excluding hydrogens is 370 g/mol. The van der Waals surface area contributed by atoms with Gasteiger partial charge in [0.2, 0.25) is 5.91 Å².